The number of hydrogen-bond donors (Lipinski definition) is 1. The zero-order valence-electron chi connectivity index (χ0n) is 28.8. The predicted octanol–water partition coefficient (Wildman–Crippen LogP) is 6.32. The predicted molar refractivity (Wildman–Crippen MR) is 200 cm³/mol. The minimum absolute atomic E-state index is 0.142. The van der Waals surface area contributed by atoms with Crippen LogP contribution in [0.2, 0.25) is 10.1 Å². The molecule has 1 N–H and O–H groups in total. The van der Waals surface area contributed by atoms with E-state index in [1.54, 1.807) is 12.5 Å². The first-order chi connectivity index (χ1) is 24.1. The van der Waals surface area contributed by atoms with Crippen molar-refractivity contribution >= 4 is 47.5 Å². The van der Waals surface area contributed by atoms with E-state index in [2.05, 4.69) is 84.7 Å². The summed E-state index contributed by atoms with van der Waals surface area (Å²) in [5, 5.41) is 12.2. The Morgan fingerprint density at radius 2 is 1.64 bits per heavy atom. The molecule has 10 nitrogen and oxygen atoms in total. The number of nitrogens with zero attached hydrogens (tertiary/aromatic N) is 6. The van der Waals surface area contributed by atoms with Gasteiger partial charge in [-0.1, -0.05) is 99.1 Å². The Labute approximate surface area is 302 Å². The average Bonchev–Trinajstić information content (AvgIpc) is 3.88. The highest BCUT2D eigenvalue weighted by atomic mass is 35.5. The summed E-state index contributed by atoms with van der Waals surface area (Å²) in [5.41, 5.74) is 3.10. The number of carbonyl (C=O) groups is 1. The molecule has 258 valence electrons. The third kappa shape index (κ3) is 7.07. The van der Waals surface area contributed by atoms with Gasteiger partial charge in [-0.25, -0.2) is 15.0 Å². The quantitative estimate of drug-likeness (QED) is 0.139. The molecule has 1 amide bonds. The number of ether oxygens (including phenoxy) is 1. The molecule has 13 heteroatoms. The second-order valence-electron chi connectivity index (χ2n) is 12.8. The number of amides is 1. The summed E-state index contributed by atoms with van der Waals surface area (Å²) in [6.07, 6.45) is 4.82. The number of imidazole rings is 1. The number of hydrogen-bond acceptors (Lipinski definition) is 8. The van der Waals surface area contributed by atoms with Crippen molar-refractivity contribution in [2.45, 2.75) is 52.5 Å². The molecule has 6 aromatic rings. The molecular formula is C37H40ClN7O3SSi. The van der Waals surface area contributed by atoms with E-state index in [4.69, 9.17) is 30.7 Å². The molecule has 4 heterocycles. The van der Waals surface area contributed by atoms with Gasteiger partial charge in [0.1, 0.15) is 5.69 Å². The van der Waals surface area contributed by atoms with E-state index in [1.807, 2.05) is 48.2 Å². The van der Waals surface area contributed by atoms with Crippen LogP contribution in [0.4, 0.5) is 0 Å². The lowest BCUT2D eigenvalue weighted by Crippen LogP contribution is -2.66. The van der Waals surface area contributed by atoms with Crippen molar-refractivity contribution in [1.29, 1.82) is 0 Å². The van der Waals surface area contributed by atoms with Gasteiger partial charge in [-0.15, -0.1) is 11.3 Å². The van der Waals surface area contributed by atoms with Crippen LogP contribution in [0.3, 0.4) is 0 Å². The molecule has 0 saturated carbocycles. The molecule has 0 unspecified atom stereocenters. The Morgan fingerprint density at radius 1 is 0.940 bits per heavy atom. The monoisotopic (exact) mass is 725 g/mol. The summed E-state index contributed by atoms with van der Waals surface area (Å²) in [6, 6.07) is 24.9. The Hall–Kier alpha value is -4.46. The van der Waals surface area contributed by atoms with Crippen LogP contribution in [0.5, 0.6) is 0 Å². The van der Waals surface area contributed by atoms with E-state index in [0.29, 0.717) is 34.5 Å². The zero-order chi connectivity index (χ0) is 35.3. The van der Waals surface area contributed by atoms with Crippen molar-refractivity contribution in [3.05, 3.63) is 125 Å². The Morgan fingerprint density at radius 3 is 2.26 bits per heavy atom. The Bertz CT molecular complexity index is 2010. The third-order valence-electron chi connectivity index (χ3n) is 8.64. The standard InChI is InChI=1S/C37H40ClN7O3SSi/c1-6-47-24-32-28(20-42-45(32)36-40-21-29(38)34(43-36)33-18-13-19-49-33)35(46)39-22-31-30(41-25-44(31)5)23-48-50(37(2,3)4,26-14-9-7-10-15-26)27-16-11-8-12-17-27/h7-21,25H,6,22-24H2,1-5H3,(H,39,46). The molecule has 0 fully saturated rings. The maximum atomic E-state index is 13.8. The normalized spacial score (nSPS) is 12.0. The smallest absolute Gasteiger partial charge is 0.261 e. The number of thiophene rings is 1. The van der Waals surface area contributed by atoms with Crippen LogP contribution in [0.1, 0.15) is 55.1 Å². The van der Waals surface area contributed by atoms with Crippen molar-refractivity contribution in [3.63, 3.8) is 0 Å². The maximum absolute atomic E-state index is 13.8. The highest BCUT2D eigenvalue weighted by Crippen LogP contribution is 2.37. The van der Waals surface area contributed by atoms with Gasteiger partial charge in [0.15, 0.2) is 0 Å². The Balaban J connectivity index is 1.26. The minimum Gasteiger partial charge on any atom is -0.401 e. The lowest BCUT2D eigenvalue weighted by atomic mass is 10.2. The van der Waals surface area contributed by atoms with Gasteiger partial charge in [-0.3, -0.25) is 4.79 Å². The number of rotatable bonds is 13. The fourth-order valence-corrected chi connectivity index (χ4v) is 11.7. The molecule has 0 aliphatic heterocycles. The van der Waals surface area contributed by atoms with Gasteiger partial charge in [0.05, 0.1) is 71.0 Å². The number of benzene rings is 2. The van der Waals surface area contributed by atoms with Crippen molar-refractivity contribution < 1.29 is 14.0 Å². The van der Waals surface area contributed by atoms with Crippen molar-refractivity contribution in [1.82, 2.24) is 34.6 Å². The molecule has 0 atom stereocenters. The van der Waals surface area contributed by atoms with E-state index in [9.17, 15) is 4.79 Å². The average molecular weight is 726 g/mol. The van der Waals surface area contributed by atoms with Gasteiger partial charge in [-0.05, 0) is 33.8 Å². The topological polar surface area (TPSA) is 109 Å². The van der Waals surface area contributed by atoms with Crippen LogP contribution in [0.25, 0.3) is 16.5 Å². The molecule has 0 saturated heterocycles. The van der Waals surface area contributed by atoms with Gasteiger partial charge in [0, 0.05) is 13.7 Å². The number of carbonyl (C=O) groups excluding carboxylic acids is 1. The molecule has 2 aromatic carbocycles. The minimum atomic E-state index is -2.80. The molecule has 0 radical (unpaired) electrons. The maximum Gasteiger partial charge on any atom is 0.261 e. The SMILES string of the molecule is CCOCc1c(C(=O)NCc2c(CO[Si](c3ccccc3)(c3ccccc3)C(C)(C)C)ncn2C)cnn1-c1ncc(Cl)c(-c2cccs2)n1. The van der Waals surface area contributed by atoms with Gasteiger partial charge in [0.25, 0.3) is 20.2 Å². The van der Waals surface area contributed by atoms with Crippen LogP contribution in [-0.4, -0.2) is 50.1 Å². The molecule has 4 aromatic heterocycles. The largest absolute Gasteiger partial charge is 0.401 e. The summed E-state index contributed by atoms with van der Waals surface area (Å²) in [5.74, 6) is -0.0144. The summed E-state index contributed by atoms with van der Waals surface area (Å²) in [7, 11) is -0.880. The van der Waals surface area contributed by atoms with Crippen molar-refractivity contribution in [2.24, 2.45) is 7.05 Å². The van der Waals surface area contributed by atoms with Crippen LogP contribution in [0.15, 0.2) is 96.9 Å². The fourth-order valence-electron chi connectivity index (χ4n) is 6.17. The van der Waals surface area contributed by atoms with Crippen LogP contribution in [0, 0.1) is 0 Å². The zero-order valence-corrected chi connectivity index (χ0v) is 31.3. The molecule has 0 aliphatic rings. The number of aryl methyl sites for hydroxylation is 1. The van der Waals surface area contributed by atoms with E-state index in [1.165, 1.54) is 32.6 Å². The number of halogens is 1. The van der Waals surface area contributed by atoms with Crippen LogP contribution < -0.4 is 15.7 Å². The van der Waals surface area contributed by atoms with Gasteiger partial charge >= 0.3 is 0 Å². The van der Waals surface area contributed by atoms with Crippen molar-refractivity contribution in [2.75, 3.05) is 6.61 Å². The van der Waals surface area contributed by atoms with E-state index in [-0.39, 0.29) is 30.7 Å². The second kappa shape index (κ2) is 15.2. The van der Waals surface area contributed by atoms with Crippen LogP contribution in [-0.2, 0) is 36.0 Å². The van der Waals surface area contributed by atoms with E-state index in [0.717, 1.165) is 16.3 Å². The van der Waals surface area contributed by atoms with Gasteiger partial charge in [0.2, 0.25) is 0 Å². The molecule has 0 aliphatic carbocycles. The van der Waals surface area contributed by atoms with Gasteiger partial charge < -0.3 is 19.0 Å². The first-order valence-electron chi connectivity index (χ1n) is 16.4. The van der Waals surface area contributed by atoms with Gasteiger partial charge in [-0.2, -0.15) is 9.78 Å². The summed E-state index contributed by atoms with van der Waals surface area (Å²) >= 11 is 7.98. The fraction of sp³-hybridized carbons (Fsp3) is 0.270. The summed E-state index contributed by atoms with van der Waals surface area (Å²) in [4.78, 5) is 28.5. The lowest BCUT2D eigenvalue weighted by molar-refractivity contribution is 0.0938. The summed E-state index contributed by atoms with van der Waals surface area (Å²) in [6.45, 7) is 9.75. The second-order valence-corrected chi connectivity index (χ2v) is 18.4. The third-order valence-corrected chi connectivity index (χ3v) is 14.8. The van der Waals surface area contributed by atoms with Crippen molar-refractivity contribution in [3.8, 4) is 16.5 Å². The first kappa shape index (κ1) is 35.4. The molecule has 6 rings (SSSR count). The molecule has 0 bridgehead atoms. The van der Waals surface area contributed by atoms with E-state index < -0.39 is 8.32 Å². The molecule has 50 heavy (non-hydrogen) atoms. The highest BCUT2D eigenvalue weighted by molar-refractivity contribution is 7.13. The number of nitrogens with one attached hydrogen (secondary N) is 1. The number of aromatic nitrogens is 6. The molecular weight excluding hydrogens is 686 g/mol. The van der Waals surface area contributed by atoms with Crippen LogP contribution >= 0.6 is 22.9 Å². The van der Waals surface area contributed by atoms with E-state index >= 15 is 0 Å². The lowest BCUT2D eigenvalue weighted by Gasteiger charge is -2.43. The first-order valence-corrected chi connectivity index (χ1v) is 19.5. The highest BCUT2D eigenvalue weighted by Gasteiger charge is 2.50. The Kier molecular flexibility index (Phi) is 10.7. The molecule has 0 spiro atoms. The summed E-state index contributed by atoms with van der Waals surface area (Å²) < 4.78 is 16.4.